The summed E-state index contributed by atoms with van der Waals surface area (Å²) in [7, 11) is 0. The molecule has 0 aliphatic carbocycles. The molecule has 0 aliphatic rings. The predicted octanol–water partition coefficient (Wildman–Crippen LogP) is 0.273. The molecule has 0 aliphatic heterocycles. The molecule has 0 unspecified atom stereocenters. The zero-order valence-electron chi connectivity index (χ0n) is 7.33. The van der Waals surface area contributed by atoms with Crippen LogP contribution in [-0.2, 0) is 4.79 Å². The number of nitrogens with zero attached hydrogens (tertiary/aromatic N) is 1. The molecule has 4 N–H and O–H groups in total. The van der Waals surface area contributed by atoms with E-state index in [0.717, 1.165) is 5.00 Å². The quantitative estimate of drug-likeness (QED) is 0.610. The number of amides is 1. The third-order valence-electron chi connectivity index (χ3n) is 1.33. The first-order valence-electron chi connectivity index (χ1n) is 3.89. The van der Waals surface area contributed by atoms with E-state index in [-0.39, 0.29) is 5.91 Å². The molecule has 0 bridgehead atoms. The molecule has 0 spiro atoms. The Hall–Kier alpha value is -1.30. The number of rotatable bonds is 4. The number of hydrogen-bond donors (Lipinski definition) is 3. The highest BCUT2D eigenvalue weighted by molar-refractivity contribution is 7.10. The first kappa shape index (κ1) is 9.79. The average molecular weight is 200 g/mol. The zero-order chi connectivity index (χ0) is 9.68. The van der Waals surface area contributed by atoms with E-state index < -0.39 is 0 Å². The van der Waals surface area contributed by atoms with Crippen LogP contribution in [0.2, 0.25) is 0 Å². The number of anilines is 2. The normalized spacial score (nSPS) is 9.62. The van der Waals surface area contributed by atoms with Crippen molar-refractivity contribution in [2.24, 2.45) is 0 Å². The molecule has 0 atom stereocenters. The first-order valence-corrected chi connectivity index (χ1v) is 4.66. The predicted molar refractivity (Wildman–Crippen MR) is 53.7 cm³/mol. The molecule has 0 fully saturated rings. The Kier molecular flexibility index (Phi) is 3.51. The van der Waals surface area contributed by atoms with Crippen molar-refractivity contribution in [3.8, 4) is 0 Å². The highest BCUT2D eigenvalue weighted by atomic mass is 32.1. The minimum atomic E-state index is -0.0226. The maximum absolute atomic E-state index is 10.5. The zero-order valence-corrected chi connectivity index (χ0v) is 8.15. The first-order chi connectivity index (χ1) is 6.18. The number of nitrogen functional groups attached to an aromatic ring is 1. The summed E-state index contributed by atoms with van der Waals surface area (Å²) >= 11 is 1.31. The Morgan fingerprint density at radius 1 is 1.69 bits per heavy atom. The number of carbonyl (C=O) groups is 1. The summed E-state index contributed by atoms with van der Waals surface area (Å²) in [5, 5.41) is 6.68. The smallest absolute Gasteiger partial charge is 0.216 e. The van der Waals surface area contributed by atoms with Gasteiger partial charge in [-0.3, -0.25) is 4.79 Å². The fourth-order valence-corrected chi connectivity index (χ4v) is 1.39. The molecule has 1 heterocycles. The van der Waals surface area contributed by atoms with Crippen molar-refractivity contribution in [1.29, 1.82) is 0 Å². The Labute approximate surface area is 80.5 Å². The van der Waals surface area contributed by atoms with Crippen LogP contribution in [-0.4, -0.2) is 23.4 Å². The molecule has 13 heavy (non-hydrogen) atoms. The minimum Gasteiger partial charge on any atom is -0.383 e. The summed E-state index contributed by atoms with van der Waals surface area (Å²) in [5.74, 6) is 0.498. The Balaban J connectivity index is 2.16. The van der Waals surface area contributed by atoms with Gasteiger partial charge in [0, 0.05) is 26.1 Å². The third kappa shape index (κ3) is 3.75. The molecule has 0 radical (unpaired) electrons. The van der Waals surface area contributed by atoms with Crippen LogP contribution in [0.3, 0.4) is 0 Å². The second-order valence-corrected chi connectivity index (χ2v) is 3.33. The summed E-state index contributed by atoms with van der Waals surface area (Å²) < 4.78 is 3.90. The standard InChI is InChI=1S/C7H12N4OS/c1-5(12)9-2-3-10-7-4-6(8)11-13-7/h4,10H,2-3H2,1H3,(H2,8,11)(H,9,12). The summed E-state index contributed by atoms with van der Waals surface area (Å²) in [6.07, 6.45) is 0. The Morgan fingerprint density at radius 2 is 2.46 bits per heavy atom. The number of aromatic nitrogens is 1. The summed E-state index contributed by atoms with van der Waals surface area (Å²) in [6, 6.07) is 1.76. The summed E-state index contributed by atoms with van der Waals surface area (Å²) in [5.41, 5.74) is 5.42. The lowest BCUT2D eigenvalue weighted by molar-refractivity contribution is -0.118. The molecule has 1 aromatic heterocycles. The average Bonchev–Trinajstić information content (AvgIpc) is 2.45. The molecule has 1 aromatic rings. The van der Waals surface area contributed by atoms with Crippen LogP contribution < -0.4 is 16.4 Å². The van der Waals surface area contributed by atoms with Crippen molar-refractivity contribution in [3.63, 3.8) is 0 Å². The van der Waals surface area contributed by atoms with Gasteiger partial charge < -0.3 is 16.4 Å². The van der Waals surface area contributed by atoms with Gasteiger partial charge in [-0.2, -0.15) is 4.37 Å². The Bertz CT molecular complexity index is 286. The van der Waals surface area contributed by atoms with Gasteiger partial charge in [0.25, 0.3) is 0 Å². The van der Waals surface area contributed by atoms with Gasteiger partial charge in [-0.15, -0.1) is 0 Å². The van der Waals surface area contributed by atoms with Crippen LogP contribution in [0.15, 0.2) is 6.07 Å². The number of nitrogens with two attached hydrogens (primary N) is 1. The van der Waals surface area contributed by atoms with E-state index in [9.17, 15) is 4.79 Å². The minimum absolute atomic E-state index is 0.0226. The molecule has 1 amide bonds. The Morgan fingerprint density at radius 3 is 3.00 bits per heavy atom. The van der Waals surface area contributed by atoms with E-state index in [2.05, 4.69) is 15.0 Å². The van der Waals surface area contributed by atoms with Gasteiger partial charge >= 0.3 is 0 Å². The van der Waals surface area contributed by atoms with E-state index in [0.29, 0.717) is 18.9 Å². The van der Waals surface area contributed by atoms with Crippen LogP contribution in [0.5, 0.6) is 0 Å². The van der Waals surface area contributed by atoms with E-state index in [1.807, 2.05) is 0 Å². The van der Waals surface area contributed by atoms with Gasteiger partial charge in [0.2, 0.25) is 5.91 Å². The van der Waals surface area contributed by atoms with E-state index >= 15 is 0 Å². The molecule has 0 saturated carbocycles. The second-order valence-electron chi connectivity index (χ2n) is 2.53. The van der Waals surface area contributed by atoms with Gasteiger partial charge in [0.1, 0.15) is 10.8 Å². The van der Waals surface area contributed by atoms with Crippen molar-refractivity contribution < 1.29 is 4.79 Å². The monoisotopic (exact) mass is 200 g/mol. The molecule has 1 rings (SSSR count). The van der Waals surface area contributed by atoms with Crippen LogP contribution in [0, 0.1) is 0 Å². The second kappa shape index (κ2) is 4.66. The lowest BCUT2D eigenvalue weighted by Gasteiger charge is -2.02. The topological polar surface area (TPSA) is 80.0 Å². The van der Waals surface area contributed by atoms with Gasteiger partial charge in [-0.1, -0.05) is 0 Å². The van der Waals surface area contributed by atoms with Crippen molar-refractivity contribution in [1.82, 2.24) is 9.69 Å². The molecule has 0 aromatic carbocycles. The number of hydrogen-bond acceptors (Lipinski definition) is 5. The van der Waals surface area contributed by atoms with Gasteiger partial charge in [0.15, 0.2) is 0 Å². The van der Waals surface area contributed by atoms with E-state index in [1.54, 1.807) is 6.07 Å². The molecular weight excluding hydrogens is 188 g/mol. The van der Waals surface area contributed by atoms with Crippen LogP contribution >= 0.6 is 11.5 Å². The van der Waals surface area contributed by atoms with Crippen molar-refractivity contribution >= 4 is 28.3 Å². The lowest BCUT2D eigenvalue weighted by atomic mass is 10.5. The van der Waals surface area contributed by atoms with Crippen molar-refractivity contribution in [2.75, 3.05) is 24.1 Å². The van der Waals surface area contributed by atoms with Crippen molar-refractivity contribution in [2.45, 2.75) is 6.92 Å². The fourth-order valence-electron chi connectivity index (χ4n) is 0.796. The lowest BCUT2D eigenvalue weighted by Crippen LogP contribution is -2.26. The maximum Gasteiger partial charge on any atom is 0.216 e. The molecular formula is C7H12N4OS. The maximum atomic E-state index is 10.5. The molecule has 0 saturated heterocycles. The van der Waals surface area contributed by atoms with Gasteiger partial charge in [0.05, 0.1) is 0 Å². The molecule has 72 valence electrons. The van der Waals surface area contributed by atoms with Crippen LogP contribution in [0.1, 0.15) is 6.92 Å². The fraction of sp³-hybridized carbons (Fsp3) is 0.429. The number of carbonyl (C=O) groups excluding carboxylic acids is 1. The van der Waals surface area contributed by atoms with Crippen LogP contribution in [0.4, 0.5) is 10.8 Å². The van der Waals surface area contributed by atoms with Gasteiger partial charge in [-0.25, -0.2) is 0 Å². The molecule has 6 heteroatoms. The van der Waals surface area contributed by atoms with E-state index in [4.69, 9.17) is 5.73 Å². The largest absolute Gasteiger partial charge is 0.383 e. The van der Waals surface area contributed by atoms with Crippen molar-refractivity contribution in [3.05, 3.63) is 6.07 Å². The highest BCUT2D eigenvalue weighted by Crippen LogP contribution is 2.16. The number of nitrogens with one attached hydrogen (secondary N) is 2. The van der Waals surface area contributed by atoms with Gasteiger partial charge in [-0.05, 0) is 11.5 Å². The third-order valence-corrected chi connectivity index (χ3v) is 2.09. The summed E-state index contributed by atoms with van der Waals surface area (Å²) in [4.78, 5) is 10.5. The molecule has 5 nitrogen and oxygen atoms in total. The SMILES string of the molecule is CC(=O)NCCNc1cc(N)ns1. The summed E-state index contributed by atoms with van der Waals surface area (Å²) in [6.45, 7) is 2.78. The highest BCUT2D eigenvalue weighted by Gasteiger charge is 1.96. The van der Waals surface area contributed by atoms with E-state index in [1.165, 1.54) is 18.5 Å². The van der Waals surface area contributed by atoms with Crippen LogP contribution in [0.25, 0.3) is 0 Å².